The third-order valence-electron chi connectivity index (χ3n) is 4.40. The normalized spacial score (nSPS) is 10.6. The lowest BCUT2D eigenvalue weighted by atomic mass is 10.1. The first-order valence-corrected chi connectivity index (χ1v) is 9.12. The van der Waals surface area contributed by atoms with Crippen LogP contribution in [-0.2, 0) is 4.74 Å². The van der Waals surface area contributed by atoms with Crippen LogP contribution in [0.5, 0.6) is 0 Å². The smallest absolute Gasteiger partial charge is 0.359 e. The van der Waals surface area contributed by atoms with E-state index in [0.717, 1.165) is 16.8 Å². The zero-order chi connectivity index (χ0) is 20.3. The number of esters is 1. The van der Waals surface area contributed by atoms with E-state index < -0.39 is 11.9 Å². The zero-order valence-corrected chi connectivity index (χ0v) is 16.4. The Bertz CT molecular complexity index is 1000. The van der Waals surface area contributed by atoms with Gasteiger partial charge in [-0.15, -0.1) is 0 Å². The Labute approximate surface area is 164 Å². The number of hydrogen-bond donors (Lipinski definition) is 1. The molecule has 0 bridgehead atoms. The molecule has 6 nitrogen and oxygen atoms in total. The Morgan fingerprint density at radius 3 is 2.11 bits per heavy atom. The number of hydrogen-bond acceptors (Lipinski definition) is 4. The molecular formula is C22H23N3O3. The molecule has 3 rings (SSSR count). The van der Waals surface area contributed by atoms with Crippen LogP contribution in [0.15, 0.2) is 48.5 Å². The Morgan fingerprint density at radius 1 is 0.964 bits per heavy atom. The van der Waals surface area contributed by atoms with Gasteiger partial charge in [0.1, 0.15) is 0 Å². The molecule has 6 heteroatoms. The number of aryl methyl sites for hydroxylation is 2. The van der Waals surface area contributed by atoms with Crippen molar-refractivity contribution in [2.24, 2.45) is 0 Å². The largest absolute Gasteiger partial charge is 0.461 e. The van der Waals surface area contributed by atoms with Crippen LogP contribution in [0.2, 0.25) is 0 Å². The summed E-state index contributed by atoms with van der Waals surface area (Å²) in [4.78, 5) is 25.4. The second kappa shape index (κ2) is 8.08. The maximum Gasteiger partial charge on any atom is 0.359 e. The molecule has 0 aliphatic heterocycles. The molecule has 1 aromatic heterocycles. The van der Waals surface area contributed by atoms with Gasteiger partial charge in [0.25, 0.3) is 5.91 Å². The molecule has 0 radical (unpaired) electrons. The highest BCUT2D eigenvalue weighted by Crippen LogP contribution is 2.21. The van der Waals surface area contributed by atoms with Gasteiger partial charge in [-0.25, -0.2) is 9.48 Å². The van der Waals surface area contributed by atoms with E-state index in [-0.39, 0.29) is 17.9 Å². The minimum absolute atomic E-state index is 0.00420. The maximum absolute atomic E-state index is 13.0. The van der Waals surface area contributed by atoms with Crippen LogP contribution in [0.4, 0.5) is 5.69 Å². The third kappa shape index (κ3) is 3.96. The Balaban J connectivity index is 2.04. The van der Waals surface area contributed by atoms with Crippen molar-refractivity contribution < 1.29 is 14.3 Å². The molecule has 0 unspecified atom stereocenters. The number of aromatic nitrogens is 2. The fourth-order valence-electron chi connectivity index (χ4n) is 2.88. The fraction of sp³-hybridized carbons (Fsp3) is 0.227. The fourth-order valence-corrected chi connectivity index (χ4v) is 2.88. The van der Waals surface area contributed by atoms with Crippen LogP contribution in [-0.4, -0.2) is 28.3 Å². The van der Waals surface area contributed by atoms with E-state index in [1.165, 1.54) is 0 Å². The third-order valence-corrected chi connectivity index (χ3v) is 4.40. The average molecular weight is 377 g/mol. The van der Waals surface area contributed by atoms with Crippen LogP contribution in [0.3, 0.4) is 0 Å². The van der Waals surface area contributed by atoms with Crippen LogP contribution in [0, 0.1) is 20.8 Å². The van der Waals surface area contributed by atoms with Gasteiger partial charge in [0.05, 0.1) is 23.6 Å². The number of ether oxygens (including phenoxy) is 1. The van der Waals surface area contributed by atoms with E-state index >= 15 is 0 Å². The van der Waals surface area contributed by atoms with E-state index in [9.17, 15) is 9.59 Å². The second-order valence-corrected chi connectivity index (χ2v) is 6.60. The van der Waals surface area contributed by atoms with Crippen molar-refractivity contribution in [3.8, 4) is 5.69 Å². The first kappa shape index (κ1) is 19.4. The lowest BCUT2D eigenvalue weighted by Gasteiger charge is -2.08. The maximum atomic E-state index is 13.0. The van der Waals surface area contributed by atoms with Crippen molar-refractivity contribution in [1.82, 2.24) is 9.78 Å². The number of nitrogens with one attached hydrogen (secondary N) is 1. The van der Waals surface area contributed by atoms with Gasteiger partial charge in [-0.05, 0) is 52.0 Å². The molecule has 0 saturated heterocycles. The molecule has 0 aliphatic carbocycles. The Kier molecular flexibility index (Phi) is 5.59. The van der Waals surface area contributed by atoms with Crippen molar-refractivity contribution >= 4 is 17.6 Å². The SMILES string of the molecule is CCOC(=O)c1nn(-c2ccc(C)cc2)c(C)c1C(=O)Nc1ccc(C)cc1. The van der Waals surface area contributed by atoms with Crippen molar-refractivity contribution in [3.05, 3.63) is 76.6 Å². The summed E-state index contributed by atoms with van der Waals surface area (Å²) in [5.74, 6) is -1.02. The molecule has 144 valence electrons. The molecule has 1 N–H and O–H groups in total. The predicted octanol–water partition coefficient (Wildman–Crippen LogP) is 4.23. The van der Waals surface area contributed by atoms with Crippen molar-refractivity contribution in [2.45, 2.75) is 27.7 Å². The van der Waals surface area contributed by atoms with Gasteiger partial charge in [-0.2, -0.15) is 5.10 Å². The molecule has 1 heterocycles. The molecule has 2 aromatic carbocycles. The number of rotatable bonds is 5. The summed E-state index contributed by atoms with van der Waals surface area (Å²) in [6.45, 7) is 7.64. The lowest BCUT2D eigenvalue weighted by molar-refractivity contribution is 0.0516. The number of anilines is 1. The van der Waals surface area contributed by atoms with Crippen molar-refractivity contribution in [1.29, 1.82) is 0 Å². The minimum Gasteiger partial charge on any atom is -0.461 e. The first-order chi connectivity index (χ1) is 13.4. The molecule has 3 aromatic rings. The summed E-state index contributed by atoms with van der Waals surface area (Å²) >= 11 is 0. The molecule has 0 atom stereocenters. The van der Waals surface area contributed by atoms with Gasteiger partial charge < -0.3 is 10.1 Å². The van der Waals surface area contributed by atoms with E-state index in [0.29, 0.717) is 11.4 Å². The van der Waals surface area contributed by atoms with Gasteiger partial charge in [0.2, 0.25) is 0 Å². The minimum atomic E-state index is -0.620. The average Bonchev–Trinajstić information content (AvgIpc) is 3.02. The number of nitrogens with zero attached hydrogens (tertiary/aromatic N) is 2. The summed E-state index contributed by atoms with van der Waals surface area (Å²) in [5.41, 5.74) is 4.39. The number of carbonyl (C=O) groups excluding carboxylic acids is 2. The number of benzene rings is 2. The summed E-state index contributed by atoms with van der Waals surface area (Å²) < 4.78 is 6.71. The number of amides is 1. The molecule has 0 spiro atoms. The van der Waals surface area contributed by atoms with E-state index in [1.54, 1.807) is 18.5 Å². The molecule has 0 saturated carbocycles. The monoisotopic (exact) mass is 377 g/mol. The molecular weight excluding hydrogens is 354 g/mol. The topological polar surface area (TPSA) is 73.2 Å². The van der Waals surface area contributed by atoms with E-state index in [4.69, 9.17) is 4.74 Å². The van der Waals surface area contributed by atoms with Gasteiger partial charge in [0.15, 0.2) is 5.69 Å². The summed E-state index contributed by atoms with van der Waals surface area (Å²) in [6, 6.07) is 15.1. The first-order valence-electron chi connectivity index (χ1n) is 9.12. The summed E-state index contributed by atoms with van der Waals surface area (Å²) in [7, 11) is 0. The summed E-state index contributed by atoms with van der Waals surface area (Å²) in [5, 5.41) is 7.22. The zero-order valence-electron chi connectivity index (χ0n) is 16.4. The second-order valence-electron chi connectivity index (χ2n) is 6.60. The van der Waals surface area contributed by atoms with Gasteiger partial charge >= 0.3 is 5.97 Å². The van der Waals surface area contributed by atoms with E-state index in [2.05, 4.69) is 10.4 Å². The van der Waals surface area contributed by atoms with Crippen LogP contribution < -0.4 is 5.32 Å². The highest BCUT2D eigenvalue weighted by Gasteiger charge is 2.27. The molecule has 0 aliphatic rings. The quantitative estimate of drug-likeness (QED) is 0.676. The Hall–Kier alpha value is -3.41. The van der Waals surface area contributed by atoms with E-state index in [1.807, 2.05) is 62.4 Å². The Morgan fingerprint density at radius 2 is 1.54 bits per heavy atom. The van der Waals surface area contributed by atoms with Crippen molar-refractivity contribution in [3.63, 3.8) is 0 Å². The summed E-state index contributed by atoms with van der Waals surface area (Å²) in [6.07, 6.45) is 0. The van der Waals surface area contributed by atoms with Crippen molar-refractivity contribution in [2.75, 3.05) is 11.9 Å². The molecule has 1 amide bonds. The number of carbonyl (C=O) groups is 2. The predicted molar refractivity (Wildman–Crippen MR) is 108 cm³/mol. The van der Waals surface area contributed by atoms with Gasteiger partial charge in [0, 0.05) is 5.69 Å². The van der Waals surface area contributed by atoms with Crippen LogP contribution in [0.1, 0.15) is 44.6 Å². The highest BCUT2D eigenvalue weighted by atomic mass is 16.5. The van der Waals surface area contributed by atoms with Gasteiger partial charge in [-0.3, -0.25) is 4.79 Å². The molecule has 28 heavy (non-hydrogen) atoms. The molecule has 0 fully saturated rings. The lowest BCUT2D eigenvalue weighted by Crippen LogP contribution is -2.17. The standard InChI is InChI=1S/C22H23N3O3/c1-5-28-22(27)20-19(21(26)23-17-10-6-14(2)7-11-17)16(4)25(24-20)18-12-8-15(3)9-13-18/h6-13H,5H2,1-4H3,(H,23,26). The van der Waals surface area contributed by atoms with Crippen LogP contribution in [0.25, 0.3) is 5.69 Å². The highest BCUT2D eigenvalue weighted by molar-refractivity contribution is 6.11. The van der Waals surface area contributed by atoms with Gasteiger partial charge in [-0.1, -0.05) is 35.4 Å². The van der Waals surface area contributed by atoms with Crippen LogP contribution >= 0.6 is 0 Å².